The highest BCUT2D eigenvalue weighted by molar-refractivity contribution is 6.31. The number of phenolic OH excluding ortho intramolecular Hbond substituents is 1. The Hall–Kier alpha value is -3.49. The number of rotatable bonds is 5. The predicted molar refractivity (Wildman–Crippen MR) is 138 cm³/mol. The number of para-hydroxylation sites is 1. The van der Waals surface area contributed by atoms with Gasteiger partial charge in [0.15, 0.2) is 11.5 Å². The number of ether oxygens (including phenoxy) is 1. The summed E-state index contributed by atoms with van der Waals surface area (Å²) in [5.41, 5.74) is 2.40. The van der Waals surface area contributed by atoms with Gasteiger partial charge in [-0.05, 0) is 48.0 Å². The van der Waals surface area contributed by atoms with Crippen molar-refractivity contribution in [3.05, 3.63) is 94.6 Å². The summed E-state index contributed by atoms with van der Waals surface area (Å²) in [6, 6.07) is 17.5. The summed E-state index contributed by atoms with van der Waals surface area (Å²) in [5, 5.41) is 12.6. The second-order valence-corrected chi connectivity index (χ2v) is 9.37. The van der Waals surface area contributed by atoms with Crippen LogP contribution in [0, 0.1) is 0 Å². The van der Waals surface area contributed by atoms with E-state index in [4.69, 9.17) is 16.3 Å². The molecule has 1 unspecified atom stereocenters. The van der Waals surface area contributed by atoms with Gasteiger partial charge in [-0.1, -0.05) is 35.9 Å². The maximum atomic E-state index is 13.2. The molecule has 3 aromatic carbocycles. The number of alkyl halides is 3. The summed E-state index contributed by atoms with van der Waals surface area (Å²) >= 11 is 6.14. The molecule has 1 aliphatic rings. The van der Waals surface area contributed by atoms with Gasteiger partial charge in [0.25, 0.3) is 0 Å². The van der Waals surface area contributed by atoms with Crippen LogP contribution >= 0.6 is 11.6 Å². The van der Waals surface area contributed by atoms with Crippen molar-refractivity contribution in [3.8, 4) is 11.5 Å². The van der Waals surface area contributed by atoms with Crippen molar-refractivity contribution in [3.63, 3.8) is 0 Å². The Labute approximate surface area is 217 Å². The van der Waals surface area contributed by atoms with Crippen LogP contribution in [-0.2, 0) is 6.18 Å². The van der Waals surface area contributed by atoms with Crippen molar-refractivity contribution in [2.45, 2.75) is 12.2 Å². The molecule has 192 valence electrons. The van der Waals surface area contributed by atoms with Gasteiger partial charge < -0.3 is 14.7 Å². The monoisotopic (exact) mass is 527 g/mol. The van der Waals surface area contributed by atoms with Crippen LogP contribution in [0.2, 0.25) is 5.02 Å². The van der Waals surface area contributed by atoms with E-state index in [-0.39, 0.29) is 5.75 Å². The molecule has 0 radical (unpaired) electrons. The minimum atomic E-state index is -4.42. The van der Waals surface area contributed by atoms with E-state index < -0.39 is 17.8 Å². The Morgan fingerprint density at radius 3 is 2.38 bits per heavy atom. The standard InChI is InChI=1S/C28H25ClF3N3O2/c1-37-25-4-2-3-22(27(25)36)26(18-5-7-19(8-6-18)28(30,31)32)35-15-13-34(14-16-35)24-11-12-33-23-17-20(29)9-10-21(23)24/h2-12,17,26,36H,13-16H2,1H3. The number of phenols is 1. The quantitative estimate of drug-likeness (QED) is 0.320. The lowest BCUT2D eigenvalue weighted by Crippen LogP contribution is -2.48. The fourth-order valence-electron chi connectivity index (χ4n) is 4.97. The number of aromatic hydroxyl groups is 1. The summed E-state index contributed by atoms with van der Waals surface area (Å²) in [4.78, 5) is 8.87. The number of piperazine rings is 1. The number of hydrogen-bond donors (Lipinski definition) is 1. The lowest BCUT2D eigenvalue weighted by Gasteiger charge is -2.41. The molecule has 1 saturated heterocycles. The molecule has 1 fully saturated rings. The van der Waals surface area contributed by atoms with Crippen LogP contribution in [0.1, 0.15) is 22.7 Å². The van der Waals surface area contributed by atoms with Gasteiger partial charge in [0.1, 0.15) is 0 Å². The summed E-state index contributed by atoms with van der Waals surface area (Å²) < 4.78 is 44.9. The van der Waals surface area contributed by atoms with Crippen molar-refractivity contribution in [2.24, 2.45) is 0 Å². The molecule has 2 heterocycles. The number of fused-ring (bicyclic) bond motifs is 1. The van der Waals surface area contributed by atoms with Crippen LogP contribution in [0.25, 0.3) is 10.9 Å². The minimum absolute atomic E-state index is 0.0191. The molecule has 0 saturated carbocycles. The van der Waals surface area contributed by atoms with Gasteiger partial charge in [0.05, 0.1) is 24.2 Å². The molecule has 37 heavy (non-hydrogen) atoms. The van der Waals surface area contributed by atoms with E-state index in [0.29, 0.717) is 48.1 Å². The first kappa shape index (κ1) is 25.2. The number of benzene rings is 3. The van der Waals surface area contributed by atoms with E-state index in [9.17, 15) is 18.3 Å². The Balaban J connectivity index is 1.46. The van der Waals surface area contributed by atoms with Crippen molar-refractivity contribution in [1.82, 2.24) is 9.88 Å². The molecule has 0 aliphatic carbocycles. The van der Waals surface area contributed by atoms with E-state index in [1.54, 1.807) is 24.4 Å². The summed E-state index contributed by atoms with van der Waals surface area (Å²) in [5.74, 6) is 0.296. The zero-order valence-corrected chi connectivity index (χ0v) is 20.8. The van der Waals surface area contributed by atoms with Gasteiger partial charge in [-0.2, -0.15) is 13.2 Å². The molecule has 4 aromatic rings. The van der Waals surface area contributed by atoms with E-state index in [1.807, 2.05) is 24.3 Å². The third kappa shape index (κ3) is 5.04. The van der Waals surface area contributed by atoms with E-state index in [1.165, 1.54) is 19.2 Å². The normalized spacial score (nSPS) is 15.6. The maximum Gasteiger partial charge on any atom is 0.416 e. The van der Waals surface area contributed by atoms with E-state index >= 15 is 0 Å². The SMILES string of the molecule is COc1cccc(C(c2ccc(C(F)(F)F)cc2)N2CCN(c3ccnc4cc(Cl)ccc34)CC2)c1O. The lowest BCUT2D eigenvalue weighted by atomic mass is 9.94. The Morgan fingerprint density at radius 2 is 1.70 bits per heavy atom. The van der Waals surface area contributed by atoms with Crippen LogP contribution in [0.3, 0.4) is 0 Å². The van der Waals surface area contributed by atoms with Crippen molar-refractivity contribution >= 4 is 28.2 Å². The zero-order valence-electron chi connectivity index (χ0n) is 20.0. The number of pyridine rings is 1. The number of hydrogen-bond acceptors (Lipinski definition) is 5. The number of halogens is 4. The number of anilines is 1. The number of methoxy groups -OCH3 is 1. The molecule has 9 heteroatoms. The Kier molecular flexibility index (Phi) is 6.88. The molecule has 1 aliphatic heterocycles. The average Bonchev–Trinajstić information content (AvgIpc) is 2.89. The van der Waals surface area contributed by atoms with Crippen molar-refractivity contribution in [1.29, 1.82) is 0 Å². The molecule has 5 rings (SSSR count). The first-order valence-electron chi connectivity index (χ1n) is 11.8. The number of nitrogens with zero attached hydrogens (tertiary/aromatic N) is 3. The van der Waals surface area contributed by atoms with Gasteiger partial charge in [0, 0.05) is 54.0 Å². The highest BCUT2D eigenvalue weighted by Crippen LogP contribution is 2.41. The summed E-state index contributed by atoms with van der Waals surface area (Å²) in [6.07, 6.45) is -2.66. The molecule has 5 nitrogen and oxygen atoms in total. The first-order valence-corrected chi connectivity index (χ1v) is 12.2. The van der Waals surface area contributed by atoms with Gasteiger partial charge >= 0.3 is 6.18 Å². The molecule has 1 atom stereocenters. The van der Waals surface area contributed by atoms with Gasteiger partial charge in [0.2, 0.25) is 0 Å². The maximum absolute atomic E-state index is 13.2. The molecule has 1 N–H and O–H groups in total. The van der Waals surface area contributed by atoms with Gasteiger partial charge in [-0.15, -0.1) is 0 Å². The summed E-state index contributed by atoms with van der Waals surface area (Å²) in [7, 11) is 1.47. The van der Waals surface area contributed by atoms with E-state index in [0.717, 1.165) is 28.7 Å². The fraction of sp³-hybridized carbons (Fsp3) is 0.250. The summed E-state index contributed by atoms with van der Waals surface area (Å²) in [6.45, 7) is 2.62. The molecular formula is C28H25ClF3N3O2. The lowest BCUT2D eigenvalue weighted by molar-refractivity contribution is -0.137. The highest BCUT2D eigenvalue weighted by atomic mass is 35.5. The molecule has 1 aromatic heterocycles. The average molecular weight is 528 g/mol. The second-order valence-electron chi connectivity index (χ2n) is 8.93. The molecule has 0 bridgehead atoms. The van der Waals surface area contributed by atoms with Crippen LogP contribution in [0.5, 0.6) is 11.5 Å². The van der Waals surface area contributed by atoms with Crippen LogP contribution < -0.4 is 9.64 Å². The Bertz CT molecular complexity index is 1400. The fourth-order valence-corrected chi connectivity index (χ4v) is 5.14. The smallest absolute Gasteiger partial charge is 0.416 e. The van der Waals surface area contributed by atoms with Crippen molar-refractivity contribution < 1.29 is 23.0 Å². The molecule has 0 amide bonds. The van der Waals surface area contributed by atoms with E-state index in [2.05, 4.69) is 14.8 Å². The minimum Gasteiger partial charge on any atom is -0.504 e. The van der Waals surface area contributed by atoms with Gasteiger partial charge in [-0.3, -0.25) is 9.88 Å². The largest absolute Gasteiger partial charge is 0.504 e. The van der Waals surface area contributed by atoms with Crippen molar-refractivity contribution in [2.75, 3.05) is 38.2 Å². The van der Waals surface area contributed by atoms with Crippen LogP contribution in [0.15, 0.2) is 72.9 Å². The number of aromatic nitrogens is 1. The first-order chi connectivity index (χ1) is 17.8. The highest BCUT2D eigenvalue weighted by Gasteiger charge is 2.33. The Morgan fingerprint density at radius 1 is 0.973 bits per heavy atom. The van der Waals surface area contributed by atoms with Gasteiger partial charge in [-0.25, -0.2) is 0 Å². The third-order valence-electron chi connectivity index (χ3n) is 6.80. The zero-order chi connectivity index (χ0) is 26.2. The van der Waals surface area contributed by atoms with Crippen LogP contribution in [0.4, 0.5) is 18.9 Å². The third-order valence-corrected chi connectivity index (χ3v) is 7.04. The molecular weight excluding hydrogens is 503 g/mol. The topological polar surface area (TPSA) is 48.8 Å². The van der Waals surface area contributed by atoms with Crippen LogP contribution in [-0.4, -0.2) is 48.3 Å². The predicted octanol–water partition coefficient (Wildman–Crippen LogP) is 6.53. The second kappa shape index (κ2) is 10.1. The molecule has 0 spiro atoms.